The number of hydrogen-bond donors (Lipinski definition) is 0. The minimum Gasteiger partial charge on any atom is -0.465 e. The van der Waals surface area contributed by atoms with Crippen LogP contribution in [-0.2, 0) is 4.74 Å². The summed E-state index contributed by atoms with van der Waals surface area (Å²) >= 11 is 0. The second-order valence-corrected chi connectivity index (χ2v) is 5.48. The van der Waals surface area contributed by atoms with Gasteiger partial charge in [-0.15, -0.1) is 0 Å². The molecular formula is C15H20N2O4. The van der Waals surface area contributed by atoms with Gasteiger partial charge in [0.15, 0.2) is 0 Å². The average Bonchev–Trinajstić information content (AvgIpc) is 2.70. The first kappa shape index (κ1) is 15.3. The van der Waals surface area contributed by atoms with Gasteiger partial charge in [-0.2, -0.15) is 0 Å². The van der Waals surface area contributed by atoms with Gasteiger partial charge in [-0.1, -0.05) is 6.92 Å². The van der Waals surface area contributed by atoms with Crippen molar-refractivity contribution in [2.24, 2.45) is 5.92 Å². The summed E-state index contributed by atoms with van der Waals surface area (Å²) in [7, 11) is 1.30. The Labute approximate surface area is 123 Å². The number of carbonyl (C=O) groups is 1. The molecule has 1 saturated heterocycles. The van der Waals surface area contributed by atoms with Crippen LogP contribution in [0, 0.1) is 16.0 Å². The fraction of sp³-hybridized carbons (Fsp3) is 0.533. The van der Waals surface area contributed by atoms with E-state index in [1.807, 2.05) is 4.90 Å². The van der Waals surface area contributed by atoms with Crippen molar-refractivity contribution >= 4 is 17.3 Å². The average molecular weight is 292 g/mol. The van der Waals surface area contributed by atoms with Crippen LogP contribution in [0.25, 0.3) is 0 Å². The molecule has 114 valence electrons. The van der Waals surface area contributed by atoms with Gasteiger partial charge in [0, 0.05) is 19.2 Å². The molecule has 1 heterocycles. The number of ether oxygens (including phenoxy) is 1. The quantitative estimate of drug-likeness (QED) is 0.486. The van der Waals surface area contributed by atoms with Crippen LogP contribution in [0.1, 0.15) is 36.5 Å². The third kappa shape index (κ3) is 3.51. The van der Waals surface area contributed by atoms with Crippen LogP contribution in [0.2, 0.25) is 0 Å². The van der Waals surface area contributed by atoms with Crippen molar-refractivity contribution in [3.63, 3.8) is 0 Å². The molecule has 1 unspecified atom stereocenters. The SMILES string of the molecule is COC(=O)c1ccc([N+](=O)[O-])c(N2CCCC(C)CC2)c1. The van der Waals surface area contributed by atoms with E-state index in [1.165, 1.54) is 19.2 Å². The van der Waals surface area contributed by atoms with Crippen molar-refractivity contribution in [1.82, 2.24) is 0 Å². The van der Waals surface area contributed by atoms with E-state index < -0.39 is 10.9 Å². The van der Waals surface area contributed by atoms with Gasteiger partial charge < -0.3 is 9.64 Å². The number of nitro groups is 1. The Morgan fingerprint density at radius 1 is 1.38 bits per heavy atom. The first-order chi connectivity index (χ1) is 10.0. The molecule has 1 fully saturated rings. The number of benzene rings is 1. The molecule has 0 amide bonds. The normalized spacial score (nSPS) is 19.0. The zero-order chi connectivity index (χ0) is 15.4. The molecule has 2 rings (SSSR count). The van der Waals surface area contributed by atoms with Gasteiger partial charge in [0.2, 0.25) is 0 Å². The maximum absolute atomic E-state index is 11.6. The van der Waals surface area contributed by atoms with Crippen molar-refractivity contribution in [1.29, 1.82) is 0 Å². The summed E-state index contributed by atoms with van der Waals surface area (Å²) in [6.07, 6.45) is 3.13. The first-order valence-corrected chi connectivity index (χ1v) is 7.14. The monoisotopic (exact) mass is 292 g/mol. The first-order valence-electron chi connectivity index (χ1n) is 7.14. The number of rotatable bonds is 3. The topological polar surface area (TPSA) is 72.7 Å². The van der Waals surface area contributed by atoms with E-state index in [1.54, 1.807) is 6.07 Å². The number of hydrogen-bond acceptors (Lipinski definition) is 5. The highest BCUT2D eigenvalue weighted by Gasteiger charge is 2.23. The lowest BCUT2D eigenvalue weighted by Gasteiger charge is -2.23. The van der Waals surface area contributed by atoms with Crippen LogP contribution in [0.3, 0.4) is 0 Å². The lowest BCUT2D eigenvalue weighted by atomic mass is 10.0. The van der Waals surface area contributed by atoms with Crippen molar-refractivity contribution in [2.75, 3.05) is 25.1 Å². The van der Waals surface area contributed by atoms with Crippen molar-refractivity contribution in [2.45, 2.75) is 26.2 Å². The van der Waals surface area contributed by atoms with E-state index in [-0.39, 0.29) is 5.69 Å². The Kier molecular flexibility index (Phi) is 4.77. The smallest absolute Gasteiger partial charge is 0.337 e. The number of nitro benzene ring substituents is 1. The van der Waals surface area contributed by atoms with Crippen molar-refractivity contribution < 1.29 is 14.5 Å². The molecule has 1 aliphatic heterocycles. The number of esters is 1. The third-order valence-corrected chi connectivity index (χ3v) is 3.95. The van der Waals surface area contributed by atoms with Gasteiger partial charge >= 0.3 is 5.97 Å². The minimum atomic E-state index is -0.477. The Balaban J connectivity index is 2.38. The third-order valence-electron chi connectivity index (χ3n) is 3.95. The van der Waals surface area contributed by atoms with Crippen LogP contribution < -0.4 is 4.90 Å². The molecule has 0 spiro atoms. The summed E-state index contributed by atoms with van der Waals surface area (Å²) in [4.78, 5) is 24.5. The molecule has 0 aromatic heterocycles. The van der Waals surface area contributed by atoms with Crippen LogP contribution in [0.4, 0.5) is 11.4 Å². The van der Waals surface area contributed by atoms with Gasteiger partial charge in [-0.3, -0.25) is 10.1 Å². The zero-order valence-electron chi connectivity index (χ0n) is 12.4. The number of methoxy groups -OCH3 is 1. The number of anilines is 1. The fourth-order valence-electron chi connectivity index (χ4n) is 2.68. The zero-order valence-corrected chi connectivity index (χ0v) is 12.4. The van der Waals surface area contributed by atoms with Crippen LogP contribution >= 0.6 is 0 Å². The van der Waals surface area contributed by atoms with Crippen molar-refractivity contribution in [3.8, 4) is 0 Å². The van der Waals surface area contributed by atoms with Gasteiger partial charge in [0.05, 0.1) is 17.6 Å². The summed E-state index contributed by atoms with van der Waals surface area (Å²) in [5.41, 5.74) is 0.893. The number of nitrogens with zero attached hydrogens (tertiary/aromatic N) is 2. The molecule has 0 N–H and O–H groups in total. The van der Waals surface area contributed by atoms with E-state index >= 15 is 0 Å². The molecule has 0 aliphatic carbocycles. The highest BCUT2D eigenvalue weighted by Crippen LogP contribution is 2.32. The lowest BCUT2D eigenvalue weighted by molar-refractivity contribution is -0.384. The Morgan fingerprint density at radius 2 is 2.14 bits per heavy atom. The summed E-state index contributed by atoms with van der Waals surface area (Å²) < 4.78 is 4.69. The number of carbonyl (C=O) groups excluding carboxylic acids is 1. The molecule has 0 bridgehead atoms. The van der Waals surface area contributed by atoms with Gasteiger partial charge in [-0.05, 0) is 37.3 Å². The fourth-order valence-corrected chi connectivity index (χ4v) is 2.68. The molecule has 1 aliphatic rings. The van der Waals surface area contributed by atoms with Gasteiger partial charge in [0.25, 0.3) is 5.69 Å². The maximum Gasteiger partial charge on any atom is 0.337 e. The van der Waals surface area contributed by atoms with Gasteiger partial charge in [-0.25, -0.2) is 4.79 Å². The maximum atomic E-state index is 11.6. The van der Waals surface area contributed by atoms with E-state index in [9.17, 15) is 14.9 Å². The molecule has 0 radical (unpaired) electrons. The van der Waals surface area contributed by atoms with E-state index in [4.69, 9.17) is 4.74 Å². The summed E-state index contributed by atoms with van der Waals surface area (Å²) in [6, 6.07) is 4.39. The largest absolute Gasteiger partial charge is 0.465 e. The van der Waals surface area contributed by atoms with E-state index in [0.717, 1.165) is 32.4 Å². The molecule has 21 heavy (non-hydrogen) atoms. The predicted octanol–water partition coefficient (Wildman–Crippen LogP) is 3.01. The molecule has 6 nitrogen and oxygen atoms in total. The molecular weight excluding hydrogens is 272 g/mol. The molecule has 1 atom stereocenters. The highest BCUT2D eigenvalue weighted by molar-refractivity contribution is 5.91. The van der Waals surface area contributed by atoms with Crippen molar-refractivity contribution in [3.05, 3.63) is 33.9 Å². The minimum absolute atomic E-state index is 0.0391. The summed E-state index contributed by atoms with van der Waals surface area (Å²) in [6.45, 7) is 3.74. The van der Waals surface area contributed by atoms with Crippen LogP contribution in [0.5, 0.6) is 0 Å². The van der Waals surface area contributed by atoms with E-state index in [0.29, 0.717) is 17.2 Å². The van der Waals surface area contributed by atoms with Crippen LogP contribution in [-0.4, -0.2) is 31.1 Å². The molecule has 0 saturated carbocycles. The molecule has 1 aromatic carbocycles. The predicted molar refractivity (Wildman–Crippen MR) is 79.7 cm³/mol. The Hall–Kier alpha value is -2.11. The molecule has 1 aromatic rings. The summed E-state index contributed by atoms with van der Waals surface area (Å²) in [5.74, 6) is 0.146. The van der Waals surface area contributed by atoms with E-state index in [2.05, 4.69) is 6.92 Å². The highest BCUT2D eigenvalue weighted by atomic mass is 16.6. The summed E-state index contributed by atoms with van der Waals surface area (Å²) in [5, 5.41) is 11.2. The molecule has 6 heteroatoms. The Bertz CT molecular complexity index is 544. The second-order valence-electron chi connectivity index (χ2n) is 5.48. The van der Waals surface area contributed by atoms with Gasteiger partial charge in [0.1, 0.15) is 5.69 Å². The Morgan fingerprint density at radius 3 is 2.81 bits per heavy atom. The second kappa shape index (κ2) is 6.56. The lowest BCUT2D eigenvalue weighted by Crippen LogP contribution is -2.25. The standard InChI is InChI=1S/C15H20N2O4/c1-11-4-3-8-16(9-7-11)14-10-12(15(18)21-2)5-6-13(14)17(19)20/h5-6,10-11H,3-4,7-9H2,1-2H3. The van der Waals surface area contributed by atoms with Crippen LogP contribution in [0.15, 0.2) is 18.2 Å².